The molecule has 0 spiro atoms. The number of carbonyl (C=O) groups excluding carboxylic acids is 1. The van der Waals surface area contributed by atoms with Crippen molar-refractivity contribution in [3.8, 4) is 16.9 Å². The van der Waals surface area contributed by atoms with Crippen LogP contribution < -0.4 is 5.32 Å². The maximum Gasteiger partial charge on any atom is 0.270 e. The van der Waals surface area contributed by atoms with Gasteiger partial charge in [-0.15, -0.1) is 11.3 Å². The minimum absolute atomic E-state index is 0.0121. The Morgan fingerprint density at radius 3 is 2.88 bits per heavy atom. The molecule has 2 N–H and O–H groups in total. The zero-order valence-electron chi connectivity index (χ0n) is 16.5. The van der Waals surface area contributed by atoms with E-state index in [-0.39, 0.29) is 23.0 Å². The third-order valence-corrected chi connectivity index (χ3v) is 6.80. The van der Waals surface area contributed by atoms with E-state index in [1.807, 2.05) is 5.38 Å². The number of amides is 1. The molecule has 4 aromatic rings. The Morgan fingerprint density at radius 2 is 2.09 bits per heavy atom. The van der Waals surface area contributed by atoms with Crippen LogP contribution in [0.1, 0.15) is 6.92 Å². The second kappa shape index (κ2) is 9.11. The van der Waals surface area contributed by atoms with Crippen LogP contribution in [0.3, 0.4) is 0 Å². The Kier molecular flexibility index (Phi) is 6.26. The van der Waals surface area contributed by atoms with Crippen LogP contribution in [0.2, 0.25) is 5.02 Å². The molecule has 8 nitrogen and oxygen atoms in total. The summed E-state index contributed by atoms with van der Waals surface area (Å²) < 4.78 is 0. The van der Waals surface area contributed by atoms with Gasteiger partial charge in [0.1, 0.15) is 21.9 Å². The summed E-state index contributed by atoms with van der Waals surface area (Å²) in [5.74, 6) is -0.429. The molecule has 0 aliphatic heterocycles. The lowest BCUT2D eigenvalue weighted by Crippen LogP contribution is -2.22. The van der Waals surface area contributed by atoms with E-state index in [1.54, 1.807) is 19.1 Å². The predicted octanol–water partition coefficient (Wildman–Crippen LogP) is 5.74. The lowest BCUT2D eigenvalue weighted by molar-refractivity contribution is -0.384. The van der Waals surface area contributed by atoms with Crippen LogP contribution >= 0.6 is 34.7 Å². The van der Waals surface area contributed by atoms with Gasteiger partial charge in [0.2, 0.25) is 5.91 Å². The number of thioether (sulfide) groups is 1. The molecule has 0 fully saturated rings. The average Bonchev–Trinajstić information content (AvgIpc) is 3.21. The summed E-state index contributed by atoms with van der Waals surface area (Å²) in [7, 11) is 0. The third kappa shape index (κ3) is 4.52. The van der Waals surface area contributed by atoms with Crippen molar-refractivity contribution in [1.29, 1.82) is 0 Å². The molecule has 0 saturated carbocycles. The number of carbonyl (C=O) groups is 1. The van der Waals surface area contributed by atoms with Gasteiger partial charge in [-0.2, -0.15) is 0 Å². The van der Waals surface area contributed by atoms with Gasteiger partial charge in [-0.3, -0.25) is 14.9 Å². The number of anilines is 1. The zero-order valence-corrected chi connectivity index (χ0v) is 18.9. The minimum atomic E-state index is -0.565. The summed E-state index contributed by atoms with van der Waals surface area (Å²) in [5, 5.41) is 26.8. The zero-order chi connectivity index (χ0) is 22.8. The van der Waals surface area contributed by atoms with Crippen molar-refractivity contribution in [3.05, 3.63) is 69.3 Å². The first-order valence-corrected chi connectivity index (χ1v) is 11.4. The van der Waals surface area contributed by atoms with Crippen molar-refractivity contribution < 1.29 is 14.8 Å². The largest absolute Gasteiger partial charge is 0.506 e. The molecule has 2 heterocycles. The van der Waals surface area contributed by atoms with E-state index in [0.717, 1.165) is 10.9 Å². The number of non-ortho nitro benzene ring substituents is 1. The van der Waals surface area contributed by atoms with Crippen LogP contribution in [-0.2, 0) is 4.79 Å². The van der Waals surface area contributed by atoms with Gasteiger partial charge in [0, 0.05) is 28.1 Å². The second-order valence-corrected chi connectivity index (χ2v) is 9.35. The maximum atomic E-state index is 12.7. The molecule has 0 saturated heterocycles. The number of nitro groups is 1. The van der Waals surface area contributed by atoms with E-state index in [0.29, 0.717) is 20.4 Å². The molecular weight excluding hydrogens is 472 g/mol. The number of aromatic hydroxyl groups is 1. The van der Waals surface area contributed by atoms with Crippen LogP contribution in [0.5, 0.6) is 5.75 Å². The van der Waals surface area contributed by atoms with Crippen molar-refractivity contribution in [3.63, 3.8) is 0 Å². The summed E-state index contributed by atoms with van der Waals surface area (Å²) in [6, 6.07) is 10.7. The van der Waals surface area contributed by atoms with E-state index < -0.39 is 10.2 Å². The van der Waals surface area contributed by atoms with Gasteiger partial charge in [0.15, 0.2) is 0 Å². The second-order valence-electron chi connectivity index (χ2n) is 6.73. The number of hydrogen-bond acceptors (Lipinski definition) is 8. The number of fused-ring (bicyclic) bond motifs is 1. The highest BCUT2D eigenvalue weighted by Crippen LogP contribution is 2.40. The van der Waals surface area contributed by atoms with Gasteiger partial charge in [-0.05, 0) is 30.7 Å². The van der Waals surface area contributed by atoms with Gasteiger partial charge in [-0.1, -0.05) is 35.5 Å². The van der Waals surface area contributed by atoms with Gasteiger partial charge in [-0.25, -0.2) is 9.97 Å². The van der Waals surface area contributed by atoms with E-state index in [1.165, 1.54) is 59.8 Å². The molecule has 32 heavy (non-hydrogen) atoms. The Bertz CT molecular complexity index is 1340. The first kappa shape index (κ1) is 22.0. The highest BCUT2D eigenvalue weighted by molar-refractivity contribution is 8.00. The molecule has 0 radical (unpaired) electrons. The van der Waals surface area contributed by atoms with E-state index in [9.17, 15) is 20.0 Å². The van der Waals surface area contributed by atoms with Crippen LogP contribution in [0, 0.1) is 10.1 Å². The Morgan fingerprint density at radius 1 is 1.28 bits per heavy atom. The summed E-state index contributed by atoms with van der Waals surface area (Å²) in [5.41, 5.74) is 1.64. The first-order valence-electron chi connectivity index (χ1n) is 9.26. The van der Waals surface area contributed by atoms with Gasteiger partial charge >= 0.3 is 0 Å². The molecule has 2 aromatic heterocycles. The Labute approximate surface area is 195 Å². The summed E-state index contributed by atoms with van der Waals surface area (Å²) in [6.45, 7) is 1.72. The molecule has 162 valence electrons. The number of phenolic OH excluding ortho intramolecular Hbond substituents is 1. The van der Waals surface area contributed by atoms with Crippen LogP contribution in [0.15, 0.2) is 59.2 Å². The van der Waals surface area contributed by atoms with Crippen LogP contribution in [0.4, 0.5) is 11.4 Å². The number of nitrogens with one attached hydrogen (secondary N) is 1. The summed E-state index contributed by atoms with van der Waals surface area (Å²) in [4.78, 5) is 32.8. The maximum absolute atomic E-state index is 12.7. The van der Waals surface area contributed by atoms with Crippen molar-refractivity contribution >= 4 is 62.2 Å². The smallest absolute Gasteiger partial charge is 0.270 e. The number of halogens is 1. The normalized spacial score (nSPS) is 11.9. The van der Waals surface area contributed by atoms with Crippen molar-refractivity contribution in [2.24, 2.45) is 0 Å². The molecule has 1 atom stereocenters. The van der Waals surface area contributed by atoms with Crippen LogP contribution in [0.25, 0.3) is 21.3 Å². The molecule has 2 aromatic carbocycles. The molecular formula is C21H15ClN4O4S2. The molecule has 1 unspecified atom stereocenters. The number of phenols is 1. The molecule has 0 bridgehead atoms. The number of rotatable bonds is 6. The van der Waals surface area contributed by atoms with Crippen molar-refractivity contribution in [1.82, 2.24) is 9.97 Å². The summed E-state index contributed by atoms with van der Waals surface area (Å²) in [6.07, 6.45) is 1.42. The summed E-state index contributed by atoms with van der Waals surface area (Å²) >= 11 is 8.57. The molecule has 4 rings (SSSR count). The number of nitrogens with zero attached hydrogens (tertiary/aromatic N) is 3. The minimum Gasteiger partial charge on any atom is -0.506 e. The highest BCUT2D eigenvalue weighted by Gasteiger charge is 2.21. The van der Waals surface area contributed by atoms with Gasteiger partial charge in [0.05, 0.1) is 21.2 Å². The third-order valence-electron chi connectivity index (χ3n) is 4.58. The Hall–Kier alpha value is -3.21. The predicted molar refractivity (Wildman–Crippen MR) is 127 cm³/mol. The quantitative estimate of drug-likeness (QED) is 0.117. The van der Waals surface area contributed by atoms with E-state index in [4.69, 9.17) is 11.6 Å². The fourth-order valence-electron chi connectivity index (χ4n) is 3.00. The number of hydrogen-bond donors (Lipinski definition) is 2. The van der Waals surface area contributed by atoms with Crippen LogP contribution in [-0.4, -0.2) is 31.2 Å². The fourth-order valence-corrected chi connectivity index (χ4v) is 5.09. The van der Waals surface area contributed by atoms with E-state index in [2.05, 4.69) is 15.3 Å². The number of aromatic nitrogens is 2. The fraction of sp³-hybridized carbons (Fsp3) is 0.0952. The Balaban J connectivity index is 1.64. The number of nitro benzene ring substituents is 1. The lowest BCUT2D eigenvalue weighted by Gasteiger charge is -2.13. The monoisotopic (exact) mass is 486 g/mol. The average molecular weight is 487 g/mol. The van der Waals surface area contributed by atoms with Crippen molar-refractivity contribution in [2.75, 3.05) is 5.32 Å². The SMILES string of the molecule is CC(Sc1ncnc2scc(-c3cccc([N+](=O)[O-])c3)c12)C(=O)Nc1cc(Cl)ccc1O. The topological polar surface area (TPSA) is 118 Å². The highest BCUT2D eigenvalue weighted by atomic mass is 35.5. The molecule has 0 aliphatic carbocycles. The molecule has 1 amide bonds. The van der Waals surface area contributed by atoms with Gasteiger partial charge < -0.3 is 10.4 Å². The van der Waals surface area contributed by atoms with Crippen molar-refractivity contribution in [2.45, 2.75) is 17.2 Å². The molecule has 0 aliphatic rings. The number of thiophene rings is 1. The van der Waals surface area contributed by atoms with Gasteiger partial charge in [0.25, 0.3) is 5.69 Å². The first-order chi connectivity index (χ1) is 15.3. The number of benzene rings is 2. The van der Waals surface area contributed by atoms with E-state index >= 15 is 0 Å². The molecule has 11 heteroatoms. The lowest BCUT2D eigenvalue weighted by atomic mass is 10.1. The standard InChI is InChI=1S/C21H15ClN4O4S2/c1-11(19(28)25-16-8-13(22)5-6-17(16)27)32-21-18-15(9-31-20(18)23-10-24-21)12-3-2-4-14(7-12)26(29)30/h2-11,27H,1H3,(H,25,28).